The molecule has 0 aliphatic rings. The van der Waals surface area contributed by atoms with E-state index in [1.807, 2.05) is 13.1 Å². The van der Waals surface area contributed by atoms with Gasteiger partial charge in [0.15, 0.2) is 0 Å². The molecule has 0 aliphatic heterocycles. The highest BCUT2D eigenvalue weighted by Gasteiger charge is 2.16. The number of aryl methyl sites for hydroxylation is 1. The van der Waals surface area contributed by atoms with Crippen molar-refractivity contribution >= 4 is 15.9 Å². The predicted molar refractivity (Wildman–Crippen MR) is 54.2 cm³/mol. The van der Waals surface area contributed by atoms with Crippen molar-refractivity contribution in [3.63, 3.8) is 0 Å². The van der Waals surface area contributed by atoms with Gasteiger partial charge in [0.05, 0.1) is 17.3 Å². The van der Waals surface area contributed by atoms with E-state index in [4.69, 9.17) is 10.8 Å². The molecule has 1 atom stereocenters. The lowest BCUT2D eigenvalue weighted by Gasteiger charge is -2.21. The number of nitrogens with two attached hydrogens (primary N) is 1. The molecular weight excluding hydrogens is 234 g/mol. The van der Waals surface area contributed by atoms with Crippen LogP contribution in [-0.4, -0.2) is 27.0 Å². The van der Waals surface area contributed by atoms with Crippen LogP contribution in [-0.2, 0) is 6.54 Å². The van der Waals surface area contributed by atoms with Crippen LogP contribution in [0, 0.1) is 0 Å². The molecule has 0 radical (unpaired) electrons. The van der Waals surface area contributed by atoms with Gasteiger partial charge in [-0.05, 0) is 29.3 Å². The highest BCUT2D eigenvalue weighted by molar-refractivity contribution is 9.10. The van der Waals surface area contributed by atoms with E-state index in [0.717, 1.165) is 11.0 Å². The van der Waals surface area contributed by atoms with Gasteiger partial charge in [0.2, 0.25) is 0 Å². The zero-order valence-corrected chi connectivity index (χ0v) is 9.16. The van der Waals surface area contributed by atoms with Gasteiger partial charge < -0.3 is 10.8 Å². The molecule has 4 nitrogen and oxygen atoms in total. The third-order valence-corrected chi connectivity index (χ3v) is 2.28. The van der Waals surface area contributed by atoms with Crippen molar-refractivity contribution in [2.75, 3.05) is 6.61 Å². The van der Waals surface area contributed by atoms with E-state index in [0.29, 0.717) is 6.42 Å². The highest BCUT2D eigenvalue weighted by atomic mass is 79.9. The molecule has 0 bridgehead atoms. The number of rotatable bonds is 4. The fraction of sp³-hybridized carbons (Fsp3) is 0.625. The lowest BCUT2D eigenvalue weighted by Crippen LogP contribution is -2.41. The maximum absolute atomic E-state index is 8.91. The molecule has 3 N–H and O–H groups in total. The number of halogens is 1. The molecule has 1 unspecified atom stereocenters. The summed E-state index contributed by atoms with van der Waals surface area (Å²) in [4.78, 5) is 0. The quantitative estimate of drug-likeness (QED) is 0.826. The van der Waals surface area contributed by atoms with Crippen molar-refractivity contribution in [3.8, 4) is 0 Å². The normalized spacial score (nSPS) is 15.7. The number of hydrogen-bond donors (Lipinski definition) is 2. The Balaban J connectivity index is 2.43. The van der Waals surface area contributed by atoms with Crippen LogP contribution < -0.4 is 5.73 Å². The molecule has 0 aliphatic carbocycles. The predicted octanol–water partition coefficient (Wildman–Crippen LogP) is 0.745. The highest BCUT2D eigenvalue weighted by Crippen LogP contribution is 2.09. The average Bonchev–Trinajstić information content (AvgIpc) is 2.48. The molecule has 5 heteroatoms. The van der Waals surface area contributed by atoms with E-state index in [1.165, 1.54) is 0 Å². The first-order chi connectivity index (χ1) is 6.03. The van der Waals surface area contributed by atoms with Crippen LogP contribution in [0.2, 0.25) is 0 Å². The number of aromatic nitrogens is 2. The van der Waals surface area contributed by atoms with Gasteiger partial charge >= 0.3 is 0 Å². The molecule has 0 saturated heterocycles. The van der Waals surface area contributed by atoms with E-state index >= 15 is 0 Å². The van der Waals surface area contributed by atoms with Crippen LogP contribution in [0.5, 0.6) is 0 Å². The van der Waals surface area contributed by atoms with E-state index in [1.54, 1.807) is 10.9 Å². The van der Waals surface area contributed by atoms with E-state index in [2.05, 4.69) is 21.0 Å². The Kier molecular flexibility index (Phi) is 3.47. The van der Waals surface area contributed by atoms with E-state index < -0.39 is 5.54 Å². The second-order valence-corrected chi connectivity index (χ2v) is 4.40. The van der Waals surface area contributed by atoms with Crippen LogP contribution >= 0.6 is 15.9 Å². The zero-order valence-electron chi connectivity index (χ0n) is 7.57. The van der Waals surface area contributed by atoms with E-state index in [9.17, 15) is 0 Å². The van der Waals surface area contributed by atoms with Gasteiger partial charge in [-0.1, -0.05) is 0 Å². The summed E-state index contributed by atoms with van der Waals surface area (Å²) < 4.78 is 2.75. The van der Waals surface area contributed by atoms with Crippen molar-refractivity contribution in [1.29, 1.82) is 0 Å². The maximum atomic E-state index is 8.91. The van der Waals surface area contributed by atoms with Gasteiger partial charge in [-0.25, -0.2) is 0 Å². The van der Waals surface area contributed by atoms with Crippen LogP contribution in [0.15, 0.2) is 16.9 Å². The minimum absolute atomic E-state index is 0.00453. The zero-order chi connectivity index (χ0) is 9.90. The largest absolute Gasteiger partial charge is 0.394 e. The van der Waals surface area contributed by atoms with Crippen molar-refractivity contribution in [1.82, 2.24) is 9.78 Å². The summed E-state index contributed by atoms with van der Waals surface area (Å²) in [6.45, 7) is 2.54. The van der Waals surface area contributed by atoms with Gasteiger partial charge in [0.25, 0.3) is 0 Å². The minimum atomic E-state index is -0.515. The summed E-state index contributed by atoms with van der Waals surface area (Å²) in [6.07, 6.45) is 4.32. The Morgan fingerprint density at radius 2 is 2.46 bits per heavy atom. The third-order valence-electron chi connectivity index (χ3n) is 1.87. The smallest absolute Gasteiger partial charge is 0.0632 e. The first-order valence-corrected chi connectivity index (χ1v) is 4.90. The van der Waals surface area contributed by atoms with Crippen LogP contribution in [0.3, 0.4) is 0 Å². The fourth-order valence-corrected chi connectivity index (χ4v) is 1.24. The lowest BCUT2D eigenvalue weighted by molar-refractivity contribution is 0.194. The summed E-state index contributed by atoms with van der Waals surface area (Å²) in [5.41, 5.74) is 5.25. The summed E-state index contributed by atoms with van der Waals surface area (Å²) >= 11 is 3.31. The molecule has 0 fully saturated rings. The van der Waals surface area contributed by atoms with Gasteiger partial charge in [0.1, 0.15) is 0 Å². The van der Waals surface area contributed by atoms with Gasteiger partial charge in [-0.2, -0.15) is 5.10 Å². The molecule has 0 amide bonds. The minimum Gasteiger partial charge on any atom is -0.394 e. The monoisotopic (exact) mass is 247 g/mol. The molecule has 0 aromatic carbocycles. The van der Waals surface area contributed by atoms with Crippen LogP contribution in [0.25, 0.3) is 0 Å². The van der Waals surface area contributed by atoms with Crippen molar-refractivity contribution in [2.24, 2.45) is 5.73 Å². The molecule has 1 rings (SSSR count). The Morgan fingerprint density at radius 3 is 2.92 bits per heavy atom. The van der Waals surface area contributed by atoms with Gasteiger partial charge in [-0.3, -0.25) is 4.68 Å². The fourth-order valence-electron chi connectivity index (χ4n) is 0.910. The second kappa shape index (κ2) is 4.21. The van der Waals surface area contributed by atoms with E-state index in [-0.39, 0.29) is 6.61 Å². The standard InChI is InChI=1S/C8H14BrN3O/c1-8(10,6-13)2-3-12-5-7(9)4-11-12/h4-5,13H,2-3,6,10H2,1H3. The van der Waals surface area contributed by atoms with Gasteiger partial charge in [0, 0.05) is 18.3 Å². The first-order valence-electron chi connectivity index (χ1n) is 4.11. The molecule has 74 valence electrons. The first kappa shape index (κ1) is 10.7. The second-order valence-electron chi connectivity index (χ2n) is 3.48. The number of aliphatic hydroxyl groups excluding tert-OH is 1. The molecule has 1 heterocycles. The molecule has 1 aromatic heterocycles. The molecule has 0 saturated carbocycles. The Hall–Kier alpha value is -0.390. The van der Waals surface area contributed by atoms with Crippen molar-refractivity contribution in [3.05, 3.63) is 16.9 Å². The molecule has 1 aromatic rings. The summed E-state index contributed by atoms with van der Waals surface area (Å²) in [6, 6.07) is 0. The van der Waals surface area contributed by atoms with Crippen molar-refractivity contribution in [2.45, 2.75) is 25.4 Å². The SMILES string of the molecule is CC(N)(CO)CCn1cc(Br)cn1. The average molecular weight is 248 g/mol. The number of hydrogen-bond acceptors (Lipinski definition) is 3. The summed E-state index contributed by atoms with van der Waals surface area (Å²) in [5, 5.41) is 13.0. The summed E-state index contributed by atoms with van der Waals surface area (Å²) in [5.74, 6) is 0. The molecular formula is C8H14BrN3O. The molecule has 13 heavy (non-hydrogen) atoms. The third kappa shape index (κ3) is 3.46. The Bertz CT molecular complexity index is 272. The topological polar surface area (TPSA) is 64.1 Å². The lowest BCUT2D eigenvalue weighted by atomic mass is 10.0. The van der Waals surface area contributed by atoms with Crippen molar-refractivity contribution < 1.29 is 5.11 Å². The van der Waals surface area contributed by atoms with Gasteiger partial charge in [-0.15, -0.1) is 0 Å². The van der Waals surface area contributed by atoms with Crippen LogP contribution in [0.4, 0.5) is 0 Å². The van der Waals surface area contributed by atoms with Crippen LogP contribution in [0.1, 0.15) is 13.3 Å². The molecule has 0 spiro atoms. The summed E-state index contributed by atoms with van der Waals surface area (Å²) in [7, 11) is 0. The Labute approximate surface area is 85.9 Å². The number of nitrogens with zero attached hydrogens (tertiary/aromatic N) is 2. The number of aliphatic hydroxyl groups is 1. The Morgan fingerprint density at radius 1 is 1.77 bits per heavy atom. The maximum Gasteiger partial charge on any atom is 0.0632 e.